The average molecular weight is 458 g/mol. The molecule has 0 fully saturated rings. The molecule has 0 radical (unpaired) electrons. The minimum Gasteiger partial charge on any atom is -0.299 e. The van der Waals surface area contributed by atoms with Crippen LogP contribution >= 0.6 is 22.6 Å². The van der Waals surface area contributed by atoms with E-state index in [-0.39, 0.29) is 18.1 Å². The number of aromatic nitrogens is 1. The number of benzene rings is 2. The molecular weight excluding hydrogens is 442 g/mol. The van der Waals surface area contributed by atoms with E-state index >= 15 is 0 Å². The summed E-state index contributed by atoms with van der Waals surface area (Å²) in [7, 11) is 0. The number of amides is 1. The fourth-order valence-electron chi connectivity index (χ4n) is 2.49. The van der Waals surface area contributed by atoms with Gasteiger partial charge in [0, 0.05) is 15.8 Å². The lowest BCUT2D eigenvalue weighted by Gasteiger charge is -2.23. The van der Waals surface area contributed by atoms with Crippen LogP contribution < -0.4 is 4.90 Å². The second-order valence-electron chi connectivity index (χ2n) is 5.56. The molecule has 1 amide bonds. The van der Waals surface area contributed by atoms with Crippen molar-refractivity contribution in [2.45, 2.75) is 6.54 Å². The van der Waals surface area contributed by atoms with Crippen molar-refractivity contribution >= 4 is 40.3 Å². The topological polar surface area (TPSA) is 33.2 Å². The Balaban J connectivity index is 1.94. The number of anilines is 1. The van der Waals surface area contributed by atoms with Crippen molar-refractivity contribution in [3.63, 3.8) is 0 Å². The number of carbonyl (C=O) groups is 1. The lowest BCUT2D eigenvalue weighted by Crippen LogP contribution is -2.30. The minimum atomic E-state index is -0.436. The number of nitrogens with zero attached hydrogens (tertiary/aromatic N) is 2. The molecule has 0 aliphatic carbocycles. The van der Waals surface area contributed by atoms with E-state index in [0.29, 0.717) is 9.26 Å². The number of rotatable bonds is 5. The molecule has 1 aromatic heterocycles. The second-order valence-corrected chi connectivity index (χ2v) is 6.72. The quantitative estimate of drug-likeness (QED) is 0.395. The number of hydrogen-bond donors (Lipinski definition) is 0. The maximum absolute atomic E-state index is 14.5. The molecule has 26 heavy (non-hydrogen) atoms. The summed E-state index contributed by atoms with van der Waals surface area (Å²) in [5, 5.41) is 0. The molecule has 0 aliphatic heterocycles. The van der Waals surface area contributed by atoms with Gasteiger partial charge >= 0.3 is 0 Å². The van der Waals surface area contributed by atoms with Crippen LogP contribution in [0.15, 0.2) is 79.0 Å². The van der Waals surface area contributed by atoms with Gasteiger partial charge in [0.25, 0.3) is 5.91 Å². The van der Waals surface area contributed by atoms with E-state index in [9.17, 15) is 9.18 Å². The molecule has 0 atom stereocenters. The van der Waals surface area contributed by atoms with Crippen LogP contribution in [0.25, 0.3) is 6.08 Å². The summed E-state index contributed by atoms with van der Waals surface area (Å²) in [6, 6.07) is 19.7. The summed E-state index contributed by atoms with van der Waals surface area (Å²) in [5.41, 5.74) is 1.86. The summed E-state index contributed by atoms with van der Waals surface area (Å²) >= 11 is 2.04. The lowest BCUT2D eigenvalue weighted by atomic mass is 10.2. The van der Waals surface area contributed by atoms with E-state index in [4.69, 9.17) is 0 Å². The van der Waals surface area contributed by atoms with E-state index in [1.807, 2.05) is 65.1 Å². The normalized spacial score (nSPS) is 10.8. The van der Waals surface area contributed by atoms with Crippen LogP contribution in [0.2, 0.25) is 0 Å². The third-order valence-corrected chi connectivity index (χ3v) is 4.61. The molecule has 3 aromatic rings. The summed E-state index contributed by atoms with van der Waals surface area (Å²) < 4.78 is 15.2. The highest BCUT2D eigenvalue weighted by Crippen LogP contribution is 2.27. The zero-order valence-electron chi connectivity index (χ0n) is 13.8. The molecule has 0 unspecified atom stereocenters. The lowest BCUT2D eigenvalue weighted by molar-refractivity contribution is -0.114. The molecule has 2 aromatic carbocycles. The van der Waals surface area contributed by atoms with Crippen molar-refractivity contribution in [2.75, 3.05) is 4.90 Å². The number of halogens is 2. The highest BCUT2D eigenvalue weighted by Gasteiger charge is 2.20. The minimum absolute atomic E-state index is 0.190. The monoisotopic (exact) mass is 458 g/mol. The third kappa shape index (κ3) is 4.54. The van der Waals surface area contributed by atoms with Gasteiger partial charge in [-0.15, -0.1) is 0 Å². The van der Waals surface area contributed by atoms with Crippen LogP contribution in [0.3, 0.4) is 0 Å². The standard InChI is InChI=1S/C21H16FIN2O/c22-18-10-6-11-19(23)21(18)25(15-17-9-4-5-14-24-17)20(26)13-12-16-7-2-1-3-8-16/h1-14H,15H2/b13-12+. The van der Waals surface area contributed by atoms with Gasteiger partial charge in [-0.2, -0.15) is 0 Å². The number of carbonyl (C=O) groups excluding carboxylic acids is 1. The summed E-state index contributed by atoms with van der Waals surface area (Å²) in [5.74, 6) is -0.739. The fourth-order valence-corrected chi connectivity index (χ4v) is 3.25. The van der Waals surface area contributed by atoms with Gasteiger partial charge in [0.15, 0.2) is 0 Å². The fraction of sp³-hybridized carbons (Fsp3) is 0.0476. The van der Waals surface area contributed by atoms with Gasteiger partial charge in [-0.05, 0) is 58.5 Å². The van der Waals surface area contributed by atoms with Crippen LogP contribution in [-0.2, 0) is 11.3 Å². The molecule has 5 heteroatoms. The molecular formula is C21H16FIN2O. The van der Waals surface area contributed by atoms with Gasteiger partial charge in [-0.1, -0.05) is 42.5 Å². The Labute approximate surface area is 165 Å². The molecule has 130 valence electrons. The van der Waals surface area contributed by atoms with Gasteiger partial charge in [-0.25, -0.2) is 4.39 Å². The van der Waals surface area contributed by atoms with Crippen LogP contribution in [-0.4, -0.2) is 10.9 Å². The highest BCUT2D eigenvalue weighted by atomic mass is 127. The molecule has 3 rings (SSSR count). The van der Waals surface area contributed by atoms with Gasteiger partial charge < -0.3 is 0 Å². The van der Waals surface area contributed by atoms with E-state index in [2.05, 4.69) is 4.98 Å². The summed E-state index contributed by atoms with van der Waals surface area (Å²) in [6.45, 7) is 0.190. The molecule has 0 spiro atoms. The SMILES string of the molecule is O=C(/C=C/c1ccccc1)N(Cc1ccccn1)c1c(F)cccc1I. The van der Waals surface area contributed by atoms with Gasteiger partial charge in [0.05, 0.1) is 17.9 Å². The van der Waals surface area contributed by atoms with E-state index in [1.54, 1.807) is 30.5 Å². The van der Waals surface area contributed by atoms with Gasteiger partial charge in [0.2, 0.25) is 0 Å². The van der Waals surface area contributed by atoms with Crippen molar-refractivity contribution in [1.29, 1.82) is 0 Å². The van der Waals surface area contributed by atoms with Gasteiger partial charge in [0.1, 0.15) is 5.82 Å². The number of pyridine rings is 1. The number of hydrogen-bond acceptors (Lipinski definition) is 2. The Hall–Kier alpha value is -2.54. The zero-order valence-corrected chi connectivity index (χ0v) is 16.0. The van der Waals surface area contributed by atoms with Crippen LogP contribution in [0.1, 0.15) is 11.3 Å². The predicted molar refractivity (Wildman–Crippen MR) is 110 cm³/mol. The first-order valence-electron chi connectivity index (χ1n) is 8.03. The largest absolute Gasteiger partial charge is 0.299 e. The molecule has 0 bridgehead atoms. The molecule has 0 saturated heterocycles. The second kappa shape index (κ2) is 8.71. The van der Waals surface area contributed by atoms with Crippen LogP contribution in [0.5, 0.6) is 0 Å². The molecule has 3 nitrogen and oxygen atoms in total. The van der Waals surface area contributed by atoms with Crippen molar-refractivity contribution < 1.29 is 9.18 Å². The highest BCUT2D eigenvalue weighted by molar-refractivity contribution is 14.1. The Morgan fingerprint density at radius 1 is 1.04 bits per heavy atom. The van der Waals surface area contributed by atoms with Crippen LogP contribution in [0, 0.1) is 9.39 Å². The number of para-hydroxylation sites is 1. The Morgan fingerprint density at radius 2 is 1.81 bits per heavy atom. The van der Waals surface area contributed by atoms with Crippen molar-refractivity contribution in [3.8, 4) is 0 Å². The van der Waals surface area contributed by atoms with Crippen molar-refractivity contribution in [3.05, 3.63) is 99.6 Å². The first-order valence-corrected chi connectivity index (χ1v) is 9.11. The molecule has 0 saturated carbocycles. The Bertz CT molecular complexity index is 894. The van der Waals surface area contributed by atoms with E-state index in [0.717, 1.165) is 5.56 Å². The van der Waals surface area contributed by atoms with Gasteiger partial charge in [-0.3, -0.25) is 14.7 Å². The maximum Gasteiger partial charge on any atom is 0.251 e. The zero-order chi connectivity index (χ0) is 18.4. The Kier molecular flexibility index (Phi) is 6.12. The third-order valence-electron chi connectivity index (χ3n) is 3.74. The molecule has 1 heterocycles. The molecule has 0 N–H and O–H groups in total. The Morgan fingerprint density at radius 3 is 2.50 bits per heavy atom. The summed E-state index contributed by atoms with van der Waals surface area (Å²) in [4.78, 5) is 18.5. The van der Waals surface area contributed by atoms with Crippen molar-refractivity contribution in [2.24, 2.45) is 0 Å². The molecule has 0 aliphatic rings. The van der Waals surface area contributed by atoms with Crippen molar-refractivity contribution in [1.82, 2.24) is 4.98 Å². The summed E-state index contributed by atoms with van der Waals surface area (Å²) in [6.07, 6.45) is 4.84. The predicted octanol–water partition coefficient (Wildman–Crippen LogP) is 5.07. The van der Waals surface area contributed by atoms with E-state index in [1.165, 1.54) is 17.0 Å². The smallest absolute Gasteiger partial charge is 0.251 e. The van der Waals surface area contributed by atoms with E-state index < -0.39 is 5.82 Å². The first-order chi connectivity index (χ1) is 12.6. The van der Waals surface area contributed by atoms with Crippen LogP contribution in [0.4, 0.5) is 10.1 Å². The average Bonchev–Trinajstić information content (AvgIpc) is 2.67. The first kappa shape index (κ1) is 18.3. The maximum atomic E-state index is 14.5.